The standard InChI is InChI=1S/C27H27F3N6O3S/c1-26(25(38)27(28,29)30)8-5-9-36(26)24(37)19-14-18(21-6-4-11-40-21)22-16-13-17(23-31-33-34(2)32-23)20(39-3)12-15(16)7-10-35(19)22/h4,6,11-14,25,38H,5,7-10H2,1-3H3/t25-,26+/m0/s1. The molecule has 0 radical (unpaired) electrons. The molecule has 40 heavy (non-hydrogen) atoms. The van der Waals surface area contributed by atoms with Crippen molar-refractivity contribution in [2.45, 2.75) is 50.6 Å². The number of ether oxygens (including phenoxy) is 1. The minimum absolute atomic E-state index is 0.0574. The Balaban J connectivity index is 1.52. The lowest BCUT2D eigenvalue weighted by atomic mass is 9.90. The minimum Gasteiger partial charge on any atom is -0.496 e. The number of methoxy groups -OCH3 is 1. The number of thiophene rings is 1. The first-order chi connectivity index (χ1) is 19.0. The predicted octanol–water partition coefficient (Wildman–Crippen LogP) is 4.56. The summed E-state index contributed by atoms with van der Waals surface area (Å²) in [6.07, 6.45) is -6.48. The number of nitrogens with zero attached hydrogens (tertiary/aromatic N) is 6. The number of aryl methyl sites for hydroxylation is 2. The maximum atomic E-state index is 14.0. The highest BCUT2D eigenvalue weighted by Gasteiger charge is 2.56. The molecule has 210 valence electrons. The first-order valence-electron chi connectivity index (χ1n) is 12.8. The Kier molecular flexibility index (Phi) is 6.26. The van der Waals surface area contributed by atoms with Crippen LogP contribution in [0.1, 0.15) is 35.8 Å². The van der Waals surface area contributed by atoms with Gasteiger partial charge in [-0.1, -0.05) is 6.07 Å². The molecule has 0 unspecified atom stereocenters. The number of halogens is 3. The number of amides is 1. The highest BCUT2D eigenvalue weighted by atomic mass is 32.1. The molecule has 2 aliphatic heterocycles. The van der Waals surface area contributed by atoms with Crippen LogP contribution in [0.4, 0.5) is 13.2 Å². The molecule has 2 aliphatic rings. The number of aromatic nitrogens is 5. The number of benzene rings is 1. The van der Waals surface area contributed by atoms with Gasteiger partial charge >= 0.3 is 6.18 Å². The molecule has 13 heteroatoms. The van der Waals surface area contributed by atoms with Gasteiger partial charge in [0, 0.05) is 29.1 Å². The molecule has 5 heterocycles. The molecule has 0 saturated carbocycles. The lowest BCUT2D eigenvalue weighted by Crippen LogP contribution is -2.58. The summed E-state index contributed by atoms with van der Waals surface area (Å²) < 4.78 is 48.4. The molecular weight excluding hydrogens is 545 g/mol. The summed E-state index contributed by atoms with van der Waals surface area (Å²) in [7, 11) is 3.24. The van der Waals surface area contributed by atoms with Crippen LogP contribution in [0.25, 0.3) is 33.1 Å². The second kappa shape index (κ2) is 9.44. The van der Waals surface area contributed by atoms with Crippen LogP contribution in [0.15, 0.2) is 35.7 Å². The Morgan fingerprint density at radius 1 is 1.20 bits per heavy atom. The molecule has 9 nitrogen and oxygen atoms in total. The topological polar surface area (TPSA) is 98.3 Å². The minimum atomic E-state index is -4.85. The number of alkyl halides is 3. The number of likely N-dealkylation sites (tertiary alicyclic amines) is 1. The van der Waals surface area contributed by atoms with Crippen molar-refractivity contribution in [2.75, 3.05) is 13.7 Å². The predicted molar refractivity (Wildman–Crippen MR) is 142 cm³/mol. The fourth-order valence-corrected chi connectivity index (χ4v) is 6.72. The van der Waals surface area contributed by atoms with Gasteiger partial charge in [0.25, 0.3) is 5.91 Å². The third kappa shape index (κ3) is 4.10. The Hall–Kier alpha value is -3.71. The molecule has 1 amide bonds. The average molecular weight is 573 g/mol. The first kappa shape index (κ1) is 26.5. The van der Waals surface area contributed by atoms with Crippen LogP contribution in [0.5, 0.6) is 5.75 Å². The second-order valence-corrected chi connectivity index (χ2v) is 11.3. The van der Waals surface area contributed by atoms with Crippen molar-refractivity contribution in [1.82, 2.24) is 29.7 Å². The van der Waals surface area contributed by atoms with E-state index in [1.807, 2.05) is 34.2 Å². The number of aliphatic hydroxyl groups excluding tert-OH is 1. The number of aliphatic hydroxyl groups is 1. The molecular formula is C27H27F3N6O3S. The summed E-state index contributed by atoms with van der Waals surface area (Å²) in [6, 6.07) is 9.49. The van der Waals surface area contributed by atoms with Crippen molar-refractivity contribution >= 4 is 17.2 Å². The van der Waals surface area contributed by atoms with Crippen LogP contribution in [-0.2, 0) is 20.0 Å². The van der Waals surface area contributed by atoms with Crippen molar-refractivity contribution in [2.24, 2.45) is 7.05 Å². The van der Waals surface area contributed by atoms with Gasteiger partial charge in [0.2, 0.25) is 5.82 Å². The van der Waals surface area contributed by atoms with E-state index in [-0.39, 0.29) is 13.0 Å². The highest BCUT2D eigenvalue weighted by Crippen LogP contribution is 2.46. The summed E-state index contributed by atoms with van der Waals surface area (Å²) in [6.45, 7) is 1.90. The molecule has 3 aromatic heterocycles. The second-order valence-electron chi connectivity index (χ2n) is 10.3. The van der Waals surface area contributed by atoms with Crippen molar-refractivity contribution < 1.29 is 27.8 Å². The van der Waals surface area contributed by atoms with Crippen molar-refractivity contribution in [1.29, 1.82) is 0 Å². The van der Waals surface area contributed by atoms with E-state index < -0.39 is 23.7 Å². The third-order valence-corrected chi connectivity index (χ3v) is 8.87. The Morgan fingerprint density at radius 2 is 2.00 bits per heavy atom. The number of carbonyl (C=O) groups is 1. The summed E-state index contributed by atoms with van der Waals surface area (Å²) in [5.41, 5.74) is 2.63. The van der Waals surface area contributed by atoms with Gasteiger partial charge in [0.1, 0.15) is 11.4 Å². The van der Waals surface area contributed by atoms with E-state index in [1.165, 1.54) is 28.0 Å². The van der Waals surface area contributed by atoms with Gasteiger partial charge in [0.15, 0.2) is 6.10 Å². The lowest BCUT2D eigenvalue weighted by molar-refractivity contribution is -0.232. The molecule has 1 saturated heterocycles. The van der Waals surface area contributed by atoms with Gasteiger partial charge in [-0.2, -0.15) is 18.0 Å². The van der Waals surface area contributed by atoms with E-state index in [0.29, 0.717) is 42.2 Å². The van der Waals surface area contributed by atoms with Crippen LogP contribution < -0.4 is 4.74 Å². The Morgan fingerprint density at radius 3 is 2.65 bits per heavy atom. The smallest absolute Gasteiger partial charge is 0.416 e. The fourth-order valence-electron chi connectivity index (χ4n) is 5.98. The third-order valence-electron chi connectivity index (χ3n) is 7.96. The van der Waals surface area contributed by atoms with Crippen LogP contribution in [0, 0.1) is 0 Å². The number of carbonyl (C=O) groups excluding carboxylic acids is 1. The number of hydrogen-bond acceptors (Lipinski definition) is 7. The molecule has 1 aromatic carbocycles. The summed E-state index contributed by atoms with van der Waals surface area (Å²) in [4.78, 5) is 17.5. The van der Waals surface area contributed by atoms with E-state index in [9.17, 15) is 23.1 Å². The van der Waals surface area contributed by atoms with E-state index in [2.05, 4.69) is 15.4 Å². The first-order valence-corrected chi connectivity index (χ1v) is 13.7. The van der Waals surface area contributed by atoms with E-state index in [1.54, 1.807) is 20.2 Å². The number of tetrazole rings is 1. The SMILES string of the molecule is COc1cc2c(cc1-c1nnn(C)n1)-c1c(-c3cccs3)cc(C(=O)N3CCC[C@]3(C)[C@H](O)C(F)(F)F)n1CC2. The van der Waals surface area contributed by atoms with E-state index >= 15 is 0 Å². The monoisotopic (exact) mass is 572 g/mol. The summed E-state index contributed by atoms with van der Waals surface area (Å²) in [5, 5.41) is 24.6. The van der Waals surface area contributed by atoms with Gasteiger partial charge in [-0.15, -0.1) is 21.5 Å². The summed E-state index contributed by atoms with van der Waals surface area (Å²) in [5.74, 6) is 0.448. The molecule has 0 spiro atoms. The van der Waals surface area contributed by atoms with Gasteiger partial charge in [0.05, 0.1) is 31.0 Å². The van der Waals surface area contributed by atoms with E-state index in [0.717, 1.165) is 27.3 Å². The van der Waals surface area contributed by atoms with Gasteiger partial charge < -0.3 is 19.3 Å². The molecule has 0 aliphatic carbocycles. The Labute approximate surface area is 231 Å². The zero-order chi connectivity index (χ0) is 28.4. The zero-order valence-corrected chi connectivity index (χ0v) is 22.9. The zero-order valence-electron chi connectivity index (χ0n) is 22.1. The normalized spacial score (nSPS) is 19.4. The van der Waals surface area contributed by atoms with Crippen LogP contribution in [0.3, 0.4) is 0 Å². The lowest BCUT2D eigenvalue weighted by Gasteiger charge is -2.40. The van der Waals surface area contributed by atoms with E-state index in [4.69, 9.17) is 4.74 Å². The summed E-state index contributed by atoms with van der Waals surface area (Å²) >= 11 is 1.51. The van der Waals surface area contributed by atoms with Gasteiger partial charge in [-0.25, -0.2) is 0 Å². The van der Waals surface area contributed by atoms with Gasteiger partial charge in [-0.3, -0.25) is 4.79 Å². The molecule has 0 bridgehead atoms. The quantitative estimate of drug-likeness (QED) is 0.377. The van der Waals surface area contributed by atoms with Gasteiger partial charge in [-0.05, 0) is 66.6 Å². The number of hydrogen-bond donors (Lipinski definition) is 1. The largest absolute Gasteiger partial charge is 0.496 e. The number of rotatable bonds is 5. The fraction of sp³-hybridized carbons (Fsp3) is 0.407. The highest BCUT2D eigenvalue weighted by molar-refractivity contribution is 7.13. The maximum absolute atomic E-state index is 14.0. The van der Waals surface area contributed by atoms with Crippen LogP contribution in [-0.4, -0.2) is 72.2 Å². The Bertz CT molecular complexity index is 1600. The van der Waals surface area contributed by atoms with Crippen molar-refractivity contribution in [3.8, 4) is 38.8 Å². The van der Waals surface area contributed by atoms with Crippen molar-refractivity contribution in [3.05, 3.63) is 47.0 Å². The maximum Gasteiger partial charge on any atom is 0.416 e. The molecule has 2 atom stereocenters. The van der Waals surface area contributed by atoms with Crippen LogP contribution >= 0.6 is 11.3 Å². The average Bonchev–Trinajstić information content (AvgIpc) is 3.72. The molecule has 1 N–H and O–H groups in total. The molecule has 1 fully saturated rings. The van der Waals surface area contributed by atoms with Crippen molar-refractivity contribution in [3.63, 3.8) is 0 Å². The molecule has 4 aromatic rings. The number of fused-ring (bicyclic) bond motifs is 3. The molecule has 6 rings (SSSR count). The van der Waals surface area contributed by atoms with Crippen LogP contribution in [0.2, 0.25) is 0 Å².